The summed E-state index contributed by atoms with van der Waals surface area (Å²) in [5.41, 5.74) is 0. The first-order valence-electron chi connectivity index (χ1n) is 41.4. The minimum atomic E-state index is -0.843. The fourth-order valence-electron chi connectivity index (χ4n) is 13.0. The van der Waals surface area contributed by atoms with Crippen LogP contribution in [0, 0.1) is 0 Å². The van der Waals surface area contributed by atoms with E-state index in [0.29, 0.717) is 19.4 Å². The van der Waals surface area contributed by atoms with Crippen LogP contribution in [-0.4, -0.2) is 47.4 Å². The second-order valence-electron chi connectivity index (χ2n) is 28.4. The molecule has 536 valence electrons. The van der Waals surface area contributed by atoms with E-state index in [1.54, 1.807) is 6.08 Å². The summed E-state index contributed by atoms with van der Waals surface area (Å²) in [6, 6.07) is -0.627. The minimum Gasteiger partial charge on any atom is -0.466 e. The number of rotatable bonds is 78. The van der Waals surface area contributed by atoms with E-state index in [1.807, 2.05) is 6.08 Å². The monoisotopic (exact) mass is 1280 g/mol. The summed E-state index contributed by atoms with van der Waals surface area (Å²) in [4.78, 5) is 24.6. The van der Waals surface area contributed by atoms with Crippen LogP contribution < -0.4 is 5.32 Å². The molecular formula is C85H161NO5. The van der Waals surface area contributed by atoms with Crippen LogP contribution in [0.3, 0.4) is 0 Å². The lowest BCUT2D eigenvalue weighted by molar-refractivity contribution is -0.143. The van der Waals surface area contributed by atoms with Gasteiger partial charge in [-0.3, -0.25) is 9.59 Å². The molecule has 2 atom stereocenters. The Kier molecular flexibility index (Phi) is 78.3. The van der Waals surface area contributed by atoms with Crippen molar-refractivity contribution in [3.63, 3.8) is 0 Å². The Hall–Kier alpha value is -2.18. The lowest BCUT2D eigenvalue weighted by Crippen LogP contribution is -2.45. The first kappa shape index (κ1) is 88.8. The molecule has 0 bridgehead atoms. The largest absolute Gasteiger partial charge is 0.466 e. The van der Waals surface area contributed by atoms with Gasteiger partial charge < -0.3 is 20.3 Å². The highest BCUT2D eigenvalue weighted by atomic mass is 16.5. The Balaban J connectivity index is 3.36. The number of nitrogens with one attached hydrogen (secondary N) is 1. The Morgan fingerprint density at radius 2 is 0.549 bits per heavy atom. The number of amides is 1. The quantitative estimate of drug-likeness (QED) is 0.0320. The number of aliphatic hydroxyl groups excluding tert-OH is 2. The van der Waals surface area contributed by atoms with Crippen LogP contribution in [-0.2, 0) is 14.3 Å². The highest BCUT2D eigenvalue weighted by Gasteiger charge is 2.18. The lowest BCUT2D eigenvalue weighted by atomic mass is 10.0. The molecule has 0 aromatic heterocycles. The molecule has 6 nitrogen and oxygen atoms in total. The van der Waals surface area contributed by atoms with Gasteiger partial charge in [0.2, 0.25) is 5.91 Å². The van der Waals surface area contributed by atoms with Crippen molar-refractivity contribution in [1.82, 2.24) is 5.32 Å². The van der Waals surface area contributed by atoms with Gasteiger partial charge in [0.05, 0.1) is 25.4 Å². The molecule has 0 rings (SSSR count). The summed E-state index contributed by atoms with van der Waals surface area (Å²) in [5, 5.41) is 23.3. The summed E-state index contributed by atoms with van der Waals surface area (Å²) < 4.78 is 5.51. The maximum absolute atomic E-state index is 12.5. The molecule has 0 aliphatic rings. The third-order valence-corrected chi connectivity index (χ3v) is 19.3. The van der Waals surface area contributed by atoms with Crippen molar-refractivity contribution in [1.29, 1.82) is 0 Å². The Morgan fingerprint density at radius 1 is 0.308 bits per heavy atom. The molecule has 0 saturated carbocycles. The van der Waals surface area contributed by atoms with Crippen LogP contribution >= 0.6 is 0 Å². The molecule has 0 aromatic rings. The van der Waals surface area contributed by atoms with Crippen molar-refractivity contribution in [3.8, 4) is 0 Å². The van der Waals surface area contributed by atoms with Crippen molar-refractivity contribution >= 4 is 11.9 Å². The molecule has 1 amide bonds. The standard InChI is InChI=1S/C85H161NO5/c1-3-5-7-9-11-13-15-17-19-21-46-49-53-57-61-65-69-73-77-83(88)82(81-87)86-84(89)78-74-70-66-62-58-54-50-47-43-41-39-37-35-33-31-29-27-25-23-22-24-26-28-30-32-34-36-38-40-42-44-48-52-56-60-64-68-72-76-80-91-85(90)79-75-71-67-63-59-55-51-45-20-18-16-14-12-10-8-6-4-2/h18,20,22-23,26,28,73,77,82-83,87-88H,3-17,19,21,24-25,27,29-72,74-76,78-81H2,1-2H3,(H,86,89)/b20-18-,23-22-,28-26-,77-73+. The highest BCUT2D eigenvalue weighted by Crippen LogP contribution is 2.20. The topological polar surface area (TPSA) is 95.9 Å². The van der Waals surface area contributed by atoms with E-state index in [2.05, 4.69) is 55.6 Å². The minimum absolute atomic E-state index is 0.0174. The third-order valence-electron chi connectivity index (χ3n) is 19.3. The van der Waals surface area contributed by atoms with E-state index in [4.69, 9.17) is 4.74 Å². The summed E-state index contributed by atoms with van der Waals surface area (Å²) in [7, 11) is 0. The van der Waals surface area contributed by atoms with Crippen molar-refractivity contribution in [3.05, 3.63) is 48.6 Å². The van der Waals surface area contributed by atoms with Gasteiger partial charge in [-0.1, -0.05) is 403 Å². The average Bonchev–Trinajstić information content (AvgIpc) is 3.73. The molecule has 91 heavy (non-hydrogen) atoms. The van der Waals surface area contributed by atoms with E-state index in [9.17, 15) is 19.8 Å². The lowest BCUT2D eigenvalue weighted by Gasteiger charge is -2.20. The van der Waals surface area contributed by atoms with Gasteiger partial charge in [0.1, 0.15) is 0 Å². The van der Waals surface area contributed by atoms with Crippen LogP contribution in [0.1, 0.15) is 457 Å². The predicted molar refractivity (Wildman–Crippen MR) is 402 cm³/mol. The second kappa shape index (κ2) is 80.3. The van der Waals surface area contributed by atoms with Crippen LogP contribution in [0.2, 0.25) is 0 Å². The molecule has 0 radical (unpaired) electrons. The SMILES string of the molecule is CCCCCCCC/C=C\CCCCCCCCCC(=O)OCCCCCCCCCCCCCCCCC/C=C\C/C=C\CCCCCCCCCCCCCCCCCCCC(=O)NC(CO)C(O)/C=C/CCCCCCCCCCCCCCCCCC. The molecule has 0 saturated heterocycles. The van der Waals surface area contributed by atoms with Crippen molar-refractivity contribution in [2.24, 2.45) is 0 Å². The van der Waals surface area contributed by atoms with Crippen LogP contribution in [0.25, 0.3) is 0 Å². The van der Waals surface area contributed by atoms with Gasteiger partial charge in [0.25, 0.3) is 0 Å². The Morgan fingerprint density at radius 3 is 0.846 bits per heavy atom. The number of esters is 1. The normalized spacial score (nSPS) is 12.7. The molecule has 0 aliphatic carbocycles. The molecule has 0 spiro atoms. The van der Waals surface area contributed by atoms with Gasteiger partial charge in [-0.15, -0.1) is 0 Å². The third kappa shape index (κ3) is 76.7. The summed E-state index contributed by atoms with van der Waals surface area (Å²) in [6.07, 6.45) is 107. The maximum Gasteiger partial charge on any atom is 0.305 e. The summed E-state index contributed by atoms with van der Waals surface area (Å²) in [6.45, 7) is 4.94. The van der Waals surface area contributed by atoms with E-state index in [0.717, 1.165) is 51.4 Å². The van der Waals surface area contributed by atoms with Crippen LogP contribution in [0.15, 0.2) is 48.6 Å². The molecular weight excluding hydrogens is 1110 g/mol. The first-order valence-corrected chi connectivity index (χ1v) is 41.4. The van der Waals surface area contributed by atoms with Gasteiger partial charge in [-0.25, -0.2) is 0 Å². The number of hydrogen-bond donors (Lipinski definition) is 3. The van der Waals surface area contributed by atoms with Crippen molar-refractivity contribution in [2.75, 3.05) is 13.2 Å². The molecule has 0 aromatic carbocycles. The number of carbonyl (C=O) groups excluding carboxylic acids is 2. The highest BCUT2D eigenvalue weighted by molar-refractivity contribution is 5.76. The smallest absolute Gasteiger partial charge is 0.305 e. The van der Waals surface area contributed by atoms with Gasteiger partial charge >= 0.3 is 5.97 Å². The number of hydrogen-bond acceptors (Lipinski definition) is 5. The summed E-state index contributed by atoms with van der Waals surface area (Å²) >= 11 is 0. The maximum atomic E-state index is 12.5. The number of unbranched alkanes of at least 4 members (excludes halogenated alkanes) is 61. The zero-order chi connectivity index (χ0) is 65.6. The van der Waals surface area contributed by atoms with E-state index in [1.165, 1.54) is 379 Å². The zero-order valence-electron chi connectivity index (χ0n) is 61.6. The van der Waals surface area contributed by atoms with E-state index < -0.39 is 12.1 Å². The Bertz CT molecular complexity index is 1520. The molecule has 3 N–H and O–H groups in total. The number of aliphatic hydroxyl groups is 2. The number of allylic oxidation sites excluding steroid dienone is 7. The molecule has 6 heteroatoms. The van der Waals surface area contributed by atoms with Crippen molar-refractivity contribution < 1.29 is 24.5 Å². The first-order chi connectivity index (χ1) is 45.0. The summed E-state index contributed by atoms with van der Waals surface area (Å²) in [5.74, 6) is -0.0439. The molecule has 2 unspecified atom stereocenters. The number of ether oxygens (including phenoxy) is 1. The Labute approximate surface area is 569 Å². The average molecular weight is 1280 g/mol. The fourth-order valence-corrected chi connectivity index (χ4v) is 13.0. The molecule has 0 fully saturated rings. The van der Waals surface area contributed by atoms with Crippen LogP contribution in [0.4, 0.5) is 0 Å². The number of carbonyl (C=O) groups is 2. The van der Waals surface area contributed by atoms with E-state index >= 15 is 0 Å². The van der Waals surface area contributed by atoms with Gasteiger partial charge in [-0.2, -0.15) is 0 Å². The van der Waals surface area contributed by atoms with Crippen molar-refractivity contribution in [2.45, 2.75) is 469 Å². The van der Waals surface area contributed by atoms with Crippen LogP contribution in [0.5, 0.6) is 0 Å². The van der Waals surface area contributed by atoms with E-state index in [-0.39, 0.29) is 18.5 Å². The predicted octanol–water partition coefficient (Wildman–Crippen LogP) is 27.5. The molecule has 0 aliphatic heterocycles. The van der Waals surface area contributed by atoms with Gasteiger partial charge in [0.15, 0.2) is 0 Å². The fraction of sp³-hybridized carbons (Fsp3) is 0.882. The zero-order valence-corrected chi connectivity index (χ0v) is 61.6. The molecule has 0 heterocycles. The van der Waals surface area contributed by atoms with Gasteiger partial charge in [-0.05, 0) is 89.9 Å². The van der Waals surface area contributed by atoms with Gasteiger partial charge in [0, 0.05) is 12.8 Å². The second-order valence-corrected chi connectivity index (χ2v) is 28.4.